The Morgan fingerprint density at radius 1 is 1.20 bits per heavy atom. The minimum absolute atomic E-state index is 0.198. The van der Waals surface area contributed by atoms with Gasteiger partial charge in [-0.1, -0.05) is 26.0 Å². The number of rotatable bonds is 6. The standard InChI is InChI=1S/C14H19NO4S/c1-4-15(5-2)20(18,19)13-8-6-12(7-9-13)10-11(3)14(16)17/h6-10H,4-5H2,1-3H3,(H,16,17)/b11-10+. The van der Waals surface area contributed by atoms with Gasteiger partial charge in [0, 0.05) is 18.7 Å². The van der Waals surface area contributed by atoms with Gasteiger partial charge in [0.05, 0.1) is 4.90 Å². The van der Waals surface area contributed by atoms with Crippen molar-refractivity contribution in [2.24, 2.45) is 0 Å². The molecular weight excluding hydrogens is 278 g/mol. The van der Waals surface area contributed by atoms with E-state index in [2.05, 4.69) is 0 Å². The molecule has 0 bridgehead atoms. The first-order valence-electron chi connectivity index (χ1n) is 6.34. The predicted molar refractivity (Wildman–Crippen MR) is 77.8 cm³/mol. The molecule has 5 nitrogen and oxygen atoms in total. The second-order valence-electron chi connectivity index (χ2n) is 4.29. The van der Waals surface area contributed by atoms with Gasteiger partial charge < -0.3 is 5.11 Å². The lowest BCUT2D eigenvalue weighted by Crippen LogP contribution is -2.30. The lowest BCUT2D eigenvalue weighted by molar-refractivity contribution is -0.132. The summed E-state index contributed by atoms with van der Waals surface area (Å²) in [5, 5.41) is 8.79. The van der Waals surface area contributed by atoms with Crippen LogP contribution in [0.3, 0.4) is 0 Å². The molecule has 1 aromatic rings. The lowest BCUT2D eigenvalue weighted by Gasteiger charge is -2.18. The van der Waals surface area contributed by atoms with E-state index in [1.54, 1.807) is 26.0 Å². The fraction of sp³-hybridized carbons (Fsp3) is 0.357. The molecule has 110 valence electrons. The van der Waals surface area contributed by atoms with E-state index in [9.17, 15) is 13.2 Å². The first-order valence-corrected chi connectivity index (χ1v) is 7.78. The molecule has 0 saturated heterocycles. The van der Waals surface area contributed by atoms with Crippen LogP contribution in [0.25, 0.3) is 6.08 Å². The molecule has 6 heteroatoms. The highest BCUT2D eigenvalue weighted by Crippen LogP contribution is 2.17. The number of carbonyl (C=O) groups is 1. The summed E-state index contributed by atoms with van der Waals surface area (Å²) >= 11 is 0. The summed E-state index contributed by atoms with van der Waals surface area (Å²) in [6, 6.07) is 6.19. The van der Waals surface area contributed by atoms with Crippen molar-refractivity contribution in [1.29, 1.82) is 0 Å². The SMILES string of the molecule is CCN(CC)S(=O)(=O)c1ccc(/C=C(\C)C(=O)O)cc1. The number of hydrogen-bond donors (Lipinski definition) is 1. The van der Waals surface area contributed by atoms with Gasteiger partial charge in [0.1, 0.15) is 0 Å². The molecule has 1 aromatic carbocycles. The van der Waals surface area contributed by atoms with Crippen LogP contribution in [0.15, 0.2) is 34.7 Å². The van der Waals surface area contributed by atoms with Crippen LogP contribution in [0.2, 0.25) is 0 Å². The predicted octanol–water partition coefficient (Wildman–Crippen LogP) is 2.21. The normalized spacial score (nSPS) is 12.7. The van der Waals surface area contributed by atoms with Gasteiger partial charge in [-0.05, 0) is 30.7 Å². The van der Waals surface area contributed by atoms with E-state index in [0.29, 0.717) is 18.7 Å². The molecular formula is C14H19NO4S. The summed E-state index contributed by atoms with van der Waals surface area (Å²) in [5.41, 5.74) is 0.854. The van der Waals surface area contributed by atoms with Gasteiger partial charge in [-0.25, -0.2) is 13.2 Å². The average molecular weight is 297 g/mol. The van der Waals surface area contributed by atoms with Crippen molar-refractivity contribution in [3.8, 4) is 0 Å². The van der Waals surface area contributed by atoms with Crippen molar-refractivity contribution in [1.82, 2.24) is 4.31 Å². The Labute approximate surface area is 119 Å². The number of hydrogen-bond acceptors (Lipinski definition) is 3. The molecule has 0 aromatic heterocycles. The Bertz CT molecular complexity index is 599. The van der Waals surface area contributed by atoms with Crippen LogP contribution in [0.5, 0.6) is 0 Å². The van der Waals surface area contributed by atoms with Crippen molar-refractivity contribution in [2.75, 3.05) is 13.1 Å². The minimum Gasteiger partial charge on any atom is -0.478 e. The van der Waals surface area contributed by atoms with Crippen molar-refractivity contribution < 1.29 is 18.3 Å². The van der Waals surface area contributed by atoms with Crippen LogP contribution in [-0.2, 0) is 14.8 Å². The first kappa shape index (κ1) is 16.4. The molecule has 20 heavy (non-hydrogen) atoms. The third-order valence-electron chi connectivity index (χ3n) is 2.94. The molecule has 0 aliphatic rings. The molecule has 0 spiro atoms. The van der Waals surface area contributed by atoms with E-state index in [1.807, 2.05) is 0 Å². The van der Waals surface area contributed by atoms with E-state index >= 15 is 0 Å². The maximum atomic E-state index is 12.3. The largest absolute Gasteiger partial charge is 0.478 e. The maximum Gasteiger partial charge on any atom is 0.331 e. The van der Waals surface area contributed by atoms with Gasteiger partial charge in [0.15, 0.2) is 0 Å². The summed E-state index contributed by atoms with van der Waals surface area (Å²) in [7, 11) is -3.47. The average Bonchev–Trinajstić information content (AvgIpc) is 2.40. The van der Waals surface area contributed by atoms with Crippen LogP contribution in [0.1, 0.15) is 26.3 Å². The molecule has 0 saturated carbocycles. The summed E-state index contributed by atoms with van der Waals surface area (Å²) < 4.78 is 25.9. The van der Waals surface area contributed by atoms with E-state index < -0.39 is 16.0 Å². The highest BCUT2D eigenvalue weighted by molar-refractivity contribution is 7.89. The van der Waals surface area contributed by atoms with Crippen LogP contribution in [0.4, 0.5) is 0 Å². The molecule has 0 aliphatic heterocycles. The quantitative estimate of drug-likeness (QED) is 0.817. The number of benzene rings is 1. The Hall–Kier alpha value is -1.66. The summed E-state index contributed by atoms with van der Waals surface area (Å²) in [6.45, 7) is 5.89. The third kappa shape index (κ3) is 3.68. The molecule has 1 rings (SSSR count). The zero-order chi connectivity index (χ0) is 15.3. The molecule has 0 atom stereocenters. The molecule has 0 amide bonds. The topological polar surface area (TPSA) is 74.7 Å². The lowest BCUT2D eigenvalue weighted by atomic mass is 10.1. The molecule has 0 fully saturated rings. The zero-order valence-electron chi connectivity index (χ0n) is 11.8. The summed E-state index contributed by atoms with van der Waals surface area (Å²) in [6.07, 6.45) is 1.50. The second-order valence-corrected chi connectivity index (χ2v) is 6.23. The smallest absolute Gasteiger partial charge is 0.331 e. The number of aliphatic carboxylic acids is 1. The second kappa shape index (κ2) is 6.67. The third-order valence-corrected chi connectivity index (χ3v) is 5.01. The number of nitrogens with zero attached hydrogens (tertiary/aromatic N) is 1. The number of sulfonamides is 1. The molecule has 0 unspecified atom stereocenters. The molecule has 1 N–H and O–H groups in total. The Morgan fingerprint density at radius 3 is 2.10 bits per heavy atom. The summed E-state index contributed by atoms with van der Waals surface area (Å²) in [4.78, 5) is 10.9. The van der Waals surface area contributed by atoms with Crippen molar-refractivity contribution in [3.05, 3.63) is 35.4 Å². The zero-order valence-corrected chi connectivity index (χ0v) is 12.6. The van der Waals surface area contributed by atoms with Gasteiger partial charge in [-0.2, -0.15) is 4.31 Å². The summed E-state index contributed by atoms with van der Waals surface area (Å²) in [5.74, 6) is -0.996. The fourth-order valence-corrected chi connectivity index (χ4v) is 3.22. The van der Waals surface area contributed by atoms with E-state index in [4.69, 9.17) is 5.11 Å². The van der Waals surface area contributed by atoms with Crippen molar-refractivity contribution in [2.45, 2.75) is 25.7 Å². The van der Waals surface area contributed by atoms with Crippen molar-refractivity contribution in [3.63, 3.8) is 0 Å². The van der Waals surface area contributed by atoms with E-state index in [1.165, 1.54) is 29.4 Å². The van der Waals surface area contributed by atoms with Crippen molar-refractivity contribution >= 4 is 22.1 Å². The van der Waals surface area contributed by atoms with Gasteiger partial charge in [-0.15, -0.1) is 0 Å². The van der Waals surface area contributed by atoms with Gasteiger partial charge in [-0.3, -0.25) is 0 Å². The highest BCUT2D eigenvalue weighted by atomic mass is 32.2. The maximum absolute atomic E-state index is 12.3. The monoisotopic (exact) mass is 297 g/mol. The van der Waals surface area contributed by atoms with Gasteiger partial charge in [0.25, 0.3) is 0 Å². The highest BCUT2D eigenvalue weighted by Gasteiger charge is 2.20. The van der Waals surface area contributed by atoms with E-state index in [-0.39, 0.29) is 10.5 Å². The van der Waals surface area contributed by atoms with Crippen LogP contribution < -0.4 is 0 Å². The van der Waals surface area contributed by atoms with Crippen LogP contribution in [0, 0.1) is 0 Å². The number of carboxylic acid groups (broad SMARTS) is 1. The molecule has 0 aliphatic carbocycles. The molecule has 0 heterocycles. The van der Waals surface area contributed by atoms with Crippen LogP contribution >= 0.6 is 0 Å². The minimum atomic E-state index is -3.47. The first-order chi connectivity index (χ1) is 9.32. The Morgan fingerprint density at radius 2 is 1.70 bits per heavy atom. The Kier molecular flexibility index (Phi) is 5.47. The molecule has 0 radical (unpaired) electrons. The number of carboxylic acids is 1. The van der Waals surface area contributed by atoms with Gasteiger partial charge in [0.2, 0.25) is 10.0 Å². The van der Waals surface area contributed by atoms with Crippen LogP contribution in [-0.4, -0.2) is 36.9 Å². The van der Waals surface area contributed by atoms with Gasteiger partial charge >= 0.3 is 5.97 Å². The van der Waals surface area contributed by atoms with E-state index in [0.717, 1.165) is 0 Å². The fourth-order valence-electron chi connectivity index (χ4n) is 1.76. The Balaban J connectivity index is 3.09.